The molecule has 0 saturated heterocycles. The first-order valence-electron chi connectivity index (χ1n) is 7.23. The molecule has 1 aromatic carbocycles. The molecule has 1 aromatic heterocycles. The maximum Gasteiger partial charge on any atom is 0.257 e. The minimum Gasteiger partial charge on any atom is -0.350 e. The van der Waals surface area contributed by atoms with Crippen LogP contribution in [0.2, 0.25) is 0 Å². The second kappa shape index (κ2) is 7.36. The molecule has 0 spiro atoms. The van der Waals surface area contributed by atoms with Crippen LogP contribution in [-0.2, 0) is 0 Å². The molecule has 5 heteroatoms. The molecule has 2 aromatic rings. The lowest BCUT2D eigenvalue weighted by atomic mass is 10.1. The number of anilines is 1. The third-order valence-electron chi connectivity index (χ3n) is 3.33. The van der Waals surface area contributed by atoms with Gasteiger partial charge in [0.2, 0.25) is 0 Å². The number of hydrogen-bond acceptors (Lipinski definition) is 3. The normalized spacial score (nSPS) is 11.5. The number of carbonyl (C=O) groups is 2. The summed E-state index contributed by atoms with van der Waals surface area (Å²) < 4.78 is 0. The Hall–Kier alpha value is -2.69. The lowest BCUT2D eigenvalue weighted by Gasteiger charge is -2.14. The average Bonchev–Trinajstić information content (AvgIpc) is 2.55. The van der Waals surface area contributed by atoms with Crippen molar-refractivity contribution >= 4 is 17.5 Å². The Balaban J connectivity index is 2.18. The van der Waals surface area contributed by atoms with E-state index in [4.69, 9.17) is 0 Å². The fourth-order valence-electron chi connectivity index (χ4n) is 1.89. The number of aromatic nitrogens is 1. The quantitative estimate of drug-likeness (QED) is 0.891. The molecule has 114 valence electrons. The maximum absolute atomic E-state index is 12.3. The zero-order valence-corrected chi connectivity index (χ0v) is 12.7. The predicted octanol–water partition coefficient (Wildman–Crippen LogP) is 2.86. The third kappa shape index (κ3) is 3.91. The van der Waals surface area contributed by atoms with Gasteiger partial charge >= 0.3 is 0 Å². The molecule has 1 heterocycles. The molecule has 2 N–H and O–H groups in total. The van der Waals surface area contributed by atoms with Crippen LogP contribution in [0.15, 0.2) is 48.8 Å². The first-order valence-corrected chi connectivity index (χ1v) is 7.23. The number of pyridine rings is 1. The van der Waals surface area contributed by atoms with Gasteiger partial charge in [0.05, 0.1) is 16.8 Å². The number of rotatable bonds is 5. The molecule has 0 fully saturated rings. The number of nitrogens with one attached hydrogen (secondary N) is 2. The van der Waals surface area contributed by atoms with Gasteiger partial charge in [0.25, 0.3) is 11.8 Å². The van der Waals surface area contributed by atoms with Gasteiger partial charge in [0.15, 0.2) is 0 Å². The Morgan fingerprint density at radius 3 is 2.59 bits per heavy atom. The van der Waals surface area contributed by atoms with E-state index in [1.54, 1.807) is 42.6 Å². The van der Waals surface area contributed by atoms with Crippen molar-refractivity contribution in [1.82, 2.24) is 10.3 Å². The van der Waals surface area contributed by atoms with Gasteiger partial charge in [-0.25, -0.2) is 0 Å². The summed E-state index contributed by atoms with van der Waals surface area (Å²) in [6.07, 6.45) is 3.93. The molecule has 1 atom stereocenters. The first kappa shape index (κ1) is 15.7. The molecular weight excluding hydrogens is 278 g/mol. The van der Waals surface area contributed by atoms with Crippen molar-refractivity contribution < 1.29 is 9.59 Å². The Morgan fingerprint density at radius 2 is 1.91 bits per heavy atom. The van der Waals surface area contributed by atoms with Crippen LogP contribution in [0.25, 0.3) is 0 Å². The topological polar surface area (TPSA) is 71.1 Å². The largest absolute Gasteiger partial charge is 0.350 e. The van der Waals surface area contributed by atoms with Gasteiger partial charge in [0, 0.05) is 18.4 Å². The summed E-state index contributed by atoms with van der Waals surface area (Å²) in [4.78, 5) is 28.4. The van der Waals surface area contributed by atoms with Crippen LogP contribution in [0.3, 0.4) is 0 Å². The van der Waals surface area contributed by atoms with E-state index >= 15 is 0 Å². The molecule has 0 saturated carbocycles. The molecule has 2 amide bonds. The maximum atomic E-state index is 12.3. The smallest absolute Gasteiger partial charge is 0.257 e. The van der Waals surface area contributed by atoms with Crippen molar-refractivity contribution in [2.45, 2.75) is 26.3 Å². The summed E-state index contributed by atoms with van der Waals surface area (Å²) >= 11 is 0. The summed E-state index contributed by atoms with van der Waals surface area (Å²) in [5.74, 6) is -0.492. The van der Waals surface area contributed by atoms with E-state index in [9.17, 15) is 9.59 Å². The van der Waals surface area contributed by atoms with E-state index in [-0.39, 0.29) is 17.9 Å². The molecular formula is C17H19N3O2. The molecule has 0 bridgehead atoms. The number of para-hydroxylation sites is 1. The van der Waals surface area contributed by atoms with Crippen molar-refractivity contribution in [2.75, 3.05) is 5.32 Å². The summed E-state index contributed by atoms with van der Waals surface area (Å²) in [7, 11) is 0. The van der Waals surface area contributed by atoms with E-state index in [2.05, 4.69) is 15.6 Å². The Bertz CT molecular complexity index is 656. The highest BCUT2D eigenvalue weighted by Crippen LogP contribution is 2.16. The second-order valence-electron chi connectivity index (χ2n) is 5.02. The minimum atomic E-state index is -0.295. The van der Waals surface area contributed by atoms with Crippen LogP contribution in [0, 0.1) is 0 Å². The zero-order valence-electron chi connectivity index (χ0n) is 12.7. The van der Waals surface area contributed by atoms with Crippen LogP contribution in [0.5, 0.6) is 0 Å². The van der Waals surface area contributed by atoms with E-state index in [1.165, 1.54) is 6.20 Å². The molecule has 5 nitrogen and oxygen atoms in total. The van der Waals surface area contributed by atoms with E-state index in [0.29, 0.717) is 16.8 Å². The first-order chi connectivity index (χ1) is 10.6. The van der Waals surface area contributed by atoms with Gasteiger partial charge in [-0.1, -0.05) is 19.1 Å². The zero-order chi connectivity index (χ0) is 15.9. The van der Waals surface area contributed by atoms with Crippen molar-refractivity contribution in [1.29, 1.82) is 0 Å². The van der Waals surface area contributed by atoms with Crippen molar-refractivity contribution in [3.63, 3.8) is 0 Å². The summed E-state index contributed by atoms with van der Waals surface area (Å²) in [6.45, 7) is 3.94. The number of hydrogen-bond donors (Lipinski definition) is 2. The van der Waals surface area contributed by atoms with E-state index in [0.717, 1.165) is 6.42 Å². The standard InChI is InChI=1S/C17H19N3O2/c1-3-12(2)19-17(22)14-8-4-5-9-15(14)20-16(21)13-7-6-10-18-11-13/h4-12H,3H2,1-2H3,(H,19,22)(H,20,21)/t12-/m0/s1. The predicted molar refractivity (Wildman–Crippen MR) is 85.9 cm³/mol. The van der Waals surface area contributed by atoms with Gasteiger partial charge < -0.3 is 10.6 Å². The molecule has 2 rings (SSSR count). The molecule has 0 aliphatic heterocycles. The van der Waals surface area contributed by atoms with E-state index in [1.807, 2.05) is 13.8 Å². The summed E-state index contributed by atoms with van der Waals surface area (Å²) in [5.41, 5.74) is 1.37. The highest BCUT2D eigenvalue weighted by Gasteiger charge is 2.15. The molecule has 0 radical (unpaired) electrons. The lowest BCUT2D eigenvalue weighted by molar-refractivity contribution is 0.0940. The number of carbonyl (C=O) groups excluding carboxylic acids is 2. The van der Waals surface area contributed by atoms with Gasteiger partial charge in [-0.05, 0) is 37.6 Å². The summed E-state index contributed by atoms with van der Waals surface area (Å²) in [6, 6.07) is 10.4. The minimum absolute atomic E-state index is 0.0783. The number of amides is 2. The highest BCUT2D eigenvalue weighted by atomic mass is 16.2. The van der Waals surface area contributed by atoms with Crippen molar-refractivity contribution in [3.8, 4) is 0 Å². The molecule has 0 unspecified atom stereocenters. The Kier molecular flexibility index (Phi) is 5.25. The molecule has 22 heavy (non-hydrogen) atoms. The van der Waals surface area contributed by atoms with Gasteiger partial charge in [-0.15, -0.1) is 0 Å². The Labute approximate surface area is 129 Å². The van der Waals surface area contributed by atoms with Crippen LogP contribution < -0.4 is 10.6 Å². The molecule has 0 aliphatic carbocycles. The van der Waals surface area contributed by atoms with Crippen LogP contribution >= 0.6 is 0 Å². The van der Waals surface area contributed by atoms with E-state index < -0.39 is 0 Å². The van der Waals surface area contributed by atoms with Gasteiger partial charge in [-0.3, -0.25) is 14.6 Å². The fourth-order valence-corrected chi connectivity index (χ4v) is 1.89. The highest BCUT2D eigenvalue weighted by molar-refractivity contribution is 6.08. The van der Waals surface area contributed by atoms with Crippen LogP contribution in [0.4, 0.5) is 5.69 Å². The average molecular weight is 297 g/mol. The van der Waals surface area contributed by atoms with Crippen molar-refractivity contribution in [2.24, 2.45) is 0 Å². The van der Waals surface area contributed by atoms with Crippen molar-refractivity contribution in [3.05, 3.63) is 59.9 Å². The van der Waals surface area contributed by atoms with Gasteiger partial charge in [-0.2, -0.15) is 0 Å². The number of nitrogens with zero attached hydrogens (tertiary/aromatic N) is 1. The van der Waals surface area contributed by atoms with Crippen LogP contribution in [0.1, 0.15) is 41.0 Å². The SMILES string of the molecule is CC[C@H](C)NC(=O)c1ccccc1NC(=O)c1cccnc1. The second-order valence-corrected chi connectivity index (χ2v) is 5.02. The fraction of sp³-hybridized carbons (Fsp3) is 0.235. The lowest BCUT2D eigenvalue weighted by Crippen LogP contribution is -2.32. The monoisotopic (exact) mass is 297 g/mol. The third-order valence-corrected chi connectivity index (χ3v) is 3.33. The summed E-state index contributed by atoms with van der Waals surface area (Å²) in [5, 5.41) is 5.66. The van der Waals surface area contributed by atoms with Gasteiger partial charge in [0.1, 0.15) is 0 Å². The van der Waals surface area contributed by atoms with Crippen LogP contribution in [-0.4, -0.2) is 22.8 Å². The number of benzene rings is 1. The molecule has 0 aliphatic rings. The Morgan fingerprint density at radius 1 is 1.14 bits per heavy atom.